The maximum atomic E-state index is 11.9. The summed E-state index contributed by atoms with van der Waals surface area (Å²) in [5.41, 5.74) is 2.07. The molecule has 17 heavy (non-hydrogen) atoms. The highest BCUT2D eigenvalue weighted by Crippen LogP contribution is 2.39. The second-order valence-corrected chi connectivity index (χ2v) is 4.92. The van der Waals surface area contributed by atoms with Gasteiger partial charge in [0.1, 0.15) is 5.60 Å². The summed E-state index contributed by atoms with van der Waals surface area (Å²) in [6.07, 6.45) is 0.779. The Labute approximate surface area is 106 Å². The molecule has 1 unspecified atom stereocenters. The van der Waals surface area contributed by atoms with E-state index in [1.165, 1.54) is 0 Å². The lowest BCUT2D eigenvalue weighted by molar-refractivity contribution is -0.144. The molecule has 0 saturated heterocycles. The Kier molecular flexibility index (Phi) is 3.00. The molecule has 0 saturated carbocycles. The molecule has 1 atom stereocenters. The first-order chi connectivity index (χ1) is 7.98. The van der Waals surface area contributed by atoms with Gasteiger partial charge < -0.3 is 4.74 Å². The molecule has 0 fully saturated rings. The van der Waals surface area contributed by atoms with E-state index in [1.807, 2.05) is 32.9 Å². The Morgan fingerprint density at radius 2 is 1.88 bits per heavy atom. The third kappa shape index (κ3) is 1.98. The fourth-order valence-corrected chi connectivity index (χ4v) is 2.16. The second kappa shape index (κ2) is 4.19. The van der Waals surface area contributed by atoms with E-state index in [9.17, 15) is 4.79 Å². The molecule has 0 radical (unpaired) electrons. The predicted molar refractivity (Wildman–Crippen MR) is 68.8 cm³/mol. The molecule has 2 nitrogen and oxygen atoms in total. The van der Waals surface area contributed by atoms with Gasteiger partial charge in [0.25, 0.3) is 0 Å². The number of halogens is 1. The van der Waals surface area contributed by atoms with Crippen LogP contribution >= 0.6 is 11.6 Å². The topological polar surface area (TPSA) is 26.3 Å². The SMILES string of the molecule is CCC1(C)OC(=O)C(c2ccc(Cl)cc2)=C1C. The van der Waals surface area contributed by atoms with Gasteiger partial charge in [-0.1, -0.05) is 30.7 Å². The molecule has 1 aliphatic heterocycles. The van der Waals surface area contributed by atoms with Crippen molar-refractivity contribution in [1.29, 1.82) is 0 Å². The molecule has 3 heteroatoms. The fourth-order valence-electron chi connectivity index (χ4n) is 2.04. The summed E-state index contributed by atoms with van der Waals surface area (Å²) < 4.78 is 5.46. The van der Waals surface area contributed by atoms with Gasteiger partial charge in [0.2, 0.25) is 0 Å². The molecule has 0 bridgehead atoms. The smallest absolute Gasteiger partial charge is 0.339 e. The molecule has 90 valence electrons. The Hall–Kier alpha value is -1.28. The highest BCUT2D eigenvalue weighted by molar-refractivity contribution is 6.30. The van der Waals surface area contributed by atoms with Gasteiger partial charge in [0.15, 0.2) is 0 Å². The third-order valence-corrected chi connectivity index (χ3v) is 3.75. The van der Waals surface area contributed by atoms with Crippen molar-refractivity contribution in [2.75, 3.05) is 0 Å². The lowest BCUT2D eigenvalue weighted by Crippen LogP contribution is -2.25. The zero-order valence-corrected chi connectivity index (χ0v) is 11.0. The summed E-state index contributed by atoms with van der Waals surface area (Å²) in [6, 6.07) is 7.27. The summed E-state index contributed by atoms with van der Waals surface area (Å²) in [6.45, 7) is 5.92. The quantitative estimate of drug-likeness (QED) is 0.746. The van der Waals surface area contributed by atoms with Gasteiger partial charge in [-0.15, -0.1) is 0 Å². The molecule has 0 aliphatic carbocycles. The van der Waals surface area contributed by atoms with Crippen molar-refractivity contribution in [1.82, 2.24) is 0 Å². The number of ether oxygens (including phenoxy) is 1. The summed E-state index contributed by atoms with van der Waals surface area (Å²) in [5, 5.41) is 0.664. The average Bonchev–Trinajstić information content (AvgIpc) is 2.53. The number of carbonyl (C=O) groups is 1. The minimum absolute atomic E-state index is 0.242. The van der Waals surface area contributed by atoms with Crippen LogP contribution in [0.15, 0.2) is 29.8 Å². The summed E-state index contributed by atoms with van der Waals surface area (Å²) in [7, 11) is 0. The highest BCUT2D eigenvalue weighted by Gasteiger charge is 2.40. The molecule has 1 aliphatic rings. The molecule has 0 spiro atoms. The van der Waals surface area contributed by atoms with Gasteiger partial charge >= 0.3 is 5.97 Å². The molecular weight excluding hydrogens is 236 g/mol. The van der Waals surface area contributed by atoms with Crippen molar-refractivity contribution in [3.8, 4) is 0 Å². The standard InChI is InChI=1S/C14H15ClO2/c1-4-14(3)9(2)12(13(16)17-14)10-5-7-11(15)8-6-10/h5-8H,4H2,1-3H3. The van der Waals surface area contributed by atoms with Gasteiger partial charge in [0, 0.05) is 5.02 Å². The predicted octanol–water partition coefficient (Wildman–Crippen LogP) is 3.84. The van der Waals surface area contributed by atoms with Gasteiger partial charge in [0.05, 0.1) is 5.57 Å². The van der Waals surface area contributed by atoms with E-state index in [4.69, 9.17) is 16.3 Å². The monoisotopic (exact) mass is 250 g/mol. The van der Waals surface area contributed by atoms with E-state index in [1.54, 1.807) is 12.1 Å². The molecule has 1 aromatic carbocycles. The van der Waals surface area contributed by atoms with Crippen LogP contribution in [0.1, 0.15) is 32.8 Å². The highest BCUT2D eigenvalue weighted by atomic mass is 35.5. The van der Waals surface area contributed by atoms with Gasteiger partial charge in [-0.25, -0.2) is 4.79 Å². The molecule has 1 heterocycles. The second-order valence-electron chi connectivity index (χ2n) is 4.48. The van der Waals surface area contributed by atoms with Crippen LogP contribution < -0.4 is 0 Å². The Bertz CT molecular complexity index is 487. The van der Waals surface area contributed by atoms with Crippen LogP contribution in [0.25, 0.3) is 5.57 Å². The zero-order chi connectivity index (χ0) is 12.6. The Morgan fingerprint density at radius 1 is 1.29 bits per heavy atom. The molecule has 0 aromatic heterocycles. The van der Waals surface area contributed by atoms with Crippen molar-refractivity contribution >= 4 is 23.1 Å². The minimum Gasteiger partial charge on any atom is -0.451 e. The van der Waals surface area contributed by atoms with E-state index in [0.717, 1.165) is 17.6 Å². The molecule has 0 amide bonds. The van der Waals surface area contributed by atoms with Crippen LogP contribution in [-0.2, 0) is 9.53 Å². The van der Waals surface area contributed by atoms with Gasteiger partial charge in [-0.3, -0.25) is 0 Å². The fraction of sp³-hybridized carbons (Fsp3) is 0.357. The van der Waals surface area contributed by atoms with E-state index in [0.29, 0.717) is 10.6 Å². The third-order valence-electron chi connectivity index (χ3n) is 3.50. The van der Waals surface area contributed by atoms with Gasteiger partial charge in [-0.05, 0) is 43.5 Å². The normalized spacial score (nSPS) is 24.1. The maximum Gasteiger partial charge on any atom is 0.339 e. The summed E-state index contributed by atoms with van der Waals surface area (Å²) in [5.74, 6) is -0.242. The first-order valence-electron chi connectivity index (χ1n) is 5.68. The summed E-state index contributed by atoms with van der Waals surface area (Å²) >= 11 is 5.84. The lowest BCUT2D eigenvalue weighted by Gasteiger charge is -2.22. The van der Waals surface area contributed by atoms with E-state index >= 15 is 0 Å². The van der Waals surface area contributed by atoms with Gasteiger partial charge in [-0.2, -0.15) is 0 Å². The molecule has 2 rings (SSSR count). The minimum atomic E-state index is -0.466. The van der Waals surface area contributed by atoms with Crippen LogP contribution in [0.2, 0.25) is 5.02 Å². The summed E-state index contributed by atoms with van der Waals surface area (Å²) in [4.78, 5) is 11.9. The zero-order valence-electron chi connectivity index (χ0n) is 10.2. The Morgan fingerprint density at radius 3 is 2.35 bits per heavy atom. The largest absolute Gasteiger partial charge is 0.451 e. The van der Waals surface area contributed by atoms with E-state index in [2.05, 4.69) is 0 Å². The average molecular weight is 251 g/mol. The Balaban J connectivity index is 2.50. The molecule has 1 aromatic rings. The number of hydrogen-bond donors (Lipinski definition) is 0. The van der Waals surface area contributed by atoms with Crippen molar-refractivity contribution in [3.05, 3.63) is 40.4 Å². The maximum absolute atomic E-state index is 11.9. The number of cyclic esters (lactones) is 1. The van der Waals surface area contributed by atoms with Crippen LogP contribution in [0.3, 0.4) is 0 Å². The first kappa shape index (κ1) is 12.2. The number of benzene rings is 1. The van der Waals surface area contributed by atoms with Crippen LogP contribution in [0, 0.1) is 0 Å². The molecular formula is C14H15ClO2. The van der Waals surface area contributed by atoms with Crippen LogP contribution in [0.4, 0.5) is 0 Å². The number of esters is 1. The lowest BCUT2D eigenvalue weighted by atomic mass is 9.90. The van der Waals surface area contributed by atoms with Crippen molar-refractivity contribution in [3.63, 3.8) is 0 Å². The van der Waals surface area contributed by atoms with Crippen molar-refractivity contribution in [2.24, 2.45) is 0 Å². The van der Waals surface area contributed by atoms with E-state index in [-0.39, 0.29) is 5.97 Å². The van der Waals surface area contributed by atoms with Crippen molar-refractivity contribution < 1.29 is 9.53 Å². The van der Waals surface area contributed by atoms with Crippen LogP contribution in [-0.4, -0.2) is 11.6 Å². The van der Waals surface area contributed by atoms with Crippen molar-refractivity contribution in [2.45, 2.75) is 32.8 Å². The number of carbonyl (C=O) groups excluding carboxylic acids is 1. The number of rotatable bonds is 2. The van der Waals surface area contributed by atoms with Crippen LogP contribution in [0.5, 0.6) is 0 Å². The molecule has 0 N–H and O–H groups in total. The number of hydrogen-bond acceptors (Lipinski definition) is 2. The van der Waals surface area contributed by atoms with E-state index < -0.39 is 5.60 Å². The first-order valence-corrected chi connectivity index (χ1v) is 6.06.